The average Bonchev–Trinajstić information content (AvgIpc) is 3.43. The van der Waals surface area contributed by atoms with Crippen molar-refractivity contribution in [2.24, 2.45) is 5.10 Å². The van der Waals surface area contributed by atoms with Crippen LogP contribution in [0.2, 0.25) is 0 Å². The third kappa shape index (κ3) is 5.34. The van der Waals surface area contributed by atoms with Crippen molar-refractivity contribution < 1.29 is 23.9 Å². The number of benzene rings is 3. The molecule has 0 fully saturated rings. The summed E-state index contributed by atoms with van der Waals surface area (Å²) in [5.41, 5.74) is 0.991. The van der Waals surface area contributed by atoms with Crippen molar-refractivity contribution in [3.05, 3.63) is 90.4 Å². The van der Waals surface area contributed by atoms with Gasteiger partial charge in [-0.15, -0.1) is 0 Å². The molecule has 0 saturated heterocycles. The van der Waals surface area contributed by atoms with Gasteiger partial charge in [0.25, 0.3) is 5.56 Å². The number of methoxy groups -OCH3 is 1. The zero-order valence-corrected chi connectivity index (χ0v) is 23.5. The molecule has 2 heterocycles. The van der Waals surface area contributed by atoms with E-state index in [1.165, 1.54) is 24.1 Å². The van der Waals surface area contributed by atoms with E-state index in [0.717, 1.165) is 16.5 Å². The Labute approximate surface area is 237 Å². The molecular formula is C28H25BrN4O7. The van der Waals surface area contributed by atoms with Gasteiger partial charge in [0.15, 0.2) is 17.2 Å². The molecule has 11 nitrogen and oxygen atoms in total. The fraction of sp³-hybridized carbons (Fsp3) is 0.250. The number of nitrogens with zero attached hydrogens (tertiary/aromatic N) is 4. The van der Waals surface area contributed by atoms with Crippen LogP contribution < -0.4 is 24.5 Å². The average molecular weight is 609 g/mol. The number of nitro benzene ring substituents is 1. The number of nitro groups is 1. The van der Waals surface area contributed by atoms with Gasteiger partial charge < -0.3 is 18.9 Å². The van der Waals surface area contributed by atoms with Gasteiger partial charge in [-0.1, -0.05) is 35.8 Å². The van der Waals surface area contributed by atoms with Crippen molar-refractivity contribution in [3.63, 3.8) is 0 Å². The molecule has 3 aromatic carbocycles. The van der Waals surface area contributed by atoms with Crippen molar-refractivity contribution in [1.29, 1.82) is 0 Å². The lowest BCUT2D eigenvalue weighted by Crippen LogP contribution is -2.23. The van der Waals surface area contributed by atoms with Crippen molar-refractivity contribution in [2.75, 3.05) is 13.9 Å². The van der Waals surface area contributed by atoms with Crippen molar-refractivity contribution in [2.45, 2.75) is 32.8 Å². The number of aromatic nitrogens is 2. The topological polar surface area (TPSA) is 127 Å². The maximum Gasteiger partial charge on any atom is 0.315 e. The number of fused-ring (bicyclic) bond motifs is 2. The van der Waals surface area contributed by atoms with Crippen LogP contribution in [-0.4, -0.2) is 34.7 Å². The molecule has 5 rings (SSSR count). The summed E-state index contributed by atoms with van der Waals surface area (Å²) in [5.74, 6) is 1.75. The minimum Gasteiger partial charge on any atom is -0.493 e. The monoisotopic (exact) mass is 608 g/mol. The summed E-state index contributed by atoms with van der Waals surface area (Å²) in [6.07, 6.45) is 2.11. The van der Waals surface area contributed by atoms with Crippen molar-refractivity contribution in [1.82, 2.24) is 9.66 Å². The molecule has 0 amide bonds. The summed E-state index contributed by atoms with van der Waals surface area (Å²) in [6, 6.07) is 13.5. The van der Waals surface area contributed by atoms with Gasteiger partial charge in [-0.25, -0.2) is 4.98 Å². The number of halogens is 1. The van der Waals surface area contributed by atoms with Crippen LogP contribution in [0.1, 0.15) is 43.1 Å². The van der Waals surface area contributed by atoms with Crippen LogP contribution >= 0.6 is 15.9 Å². The molecule has 1 aliphatic rings. The molecule has 0 aliphatic carbocycles. The van der Waals surface area contributed by atoms with Crippen LogP contribution in [0.15, 0.2) is 62.9 Å². The quantitative estimate of drug-likeness (QED) is 0.133. The van der Waals surface area contributed by atoms with E-state index in [1.807, 2.05) is 19.9 Å². The second-order valence-electron chi connectivity index (χ2n) is 9.11. The molecule has 0 bridgehead atoms. The van der Waals surface area contributed by atoms with Gasteiger partial charge >= 0.3 is 5.69 Å². The molecule has 206 valence electrons. The second-order valence-corrected chi connectivity index (χ2v) is 10.0. The molecule has 0 N–H and O–H groups in total. The molecule has 12 heteroatoms. The van der Waals surface area contributed by atoms with E-state index in [-0.39, 0.29) is 42.1 Å². The van der Waals surface area contributed by atoms with Crippen LogP contribution in [0.5, 0.6) is 23.0 Å². The van der Waals surface area contributed by atoms with E-state index in [1.54, 1.807) is 36.4 Å². The Hall–Kier alpha value is -4.45. The first-order valence-corrected chi connectivity index (χ1v) is 13.2. The zero-order chi connectivity index (χ0) is 28.4. The standard InChI is InChI=1S/C28H25BrN4O7/c1-4-16(2)27-31-21-7-6-19(29)12-20(21)28(34)32(27)30-13-18-9-22(33(35)36)26(25(11-18)37-3)38-14-17-5-8-23-24(10-17)40-15-39-23/h5-13,16H,4,14-15H2,1-3H3/t16-/m0/s1. The van der Waals surface area contributed by atoms with E-state index >= 15 is 0 Å². The molecule has 0 spiro atoms. The van der Waals surface area contributed by atoms with E-state index in [9.17, 15) is 14.9 Å². The third-order valence-corrected chi connectivity index (χ3v) is 7.00. The highest BCUT2D eigenvalue weighted by atomic mass is 79.9. The normalized spacial score (nSPS) is 13.1. The molecular weight excluding hydrogens is 584 g/mol. The van der Waals surface area contributed by atoms with Gasteiger partial charge in [0.1, 0.15) is 12.4 Å². The maximum atomic E-state index is 13.4. The highest BCUT2D eigenvalue weighted by molar-refractivity contribution is 9.10. The van der Waals surface area contributed by atoms with Crippen LogP contribution in [0.3, 0.4) is 0 Å². The summed E-state index contributed by atoms with van der Waals surface area (Å²) in [7, 11) is 1.39. The fourth-order valence-corrected chi connectivity index (χ4v) is 4.57. The Kier molecular flexibility index (Phi) is 7.69. The van der Waals surface area contributed by atoms with E-state index in [0.29, 0.717) is 33.8 Å². The van der Waals surface area contributed by atoms with E-state index in [4.69, 9.17) is 18.9 Å². The number of ether oxygens (including phenoxy) is 4. The van der Waals surface area contributed by atoms with Gasteiger partial charge in [-0.2, -0.15) is 9.78 Å². The fourth-order valence-electron chi connectivity index (χ4n) is 4.20. The molecule has 4 aromatic rings. The van der Waals surface area contributed by atoms with Gasteiger partial charge in [0.05, 0.1) is 29.2 Å². The Bertz CT molecular complexity index is 1700. The Morgan fingerprint density at radius 1 is 1.20 bits per heavy atom. The van der Waals surface area contributed by atoms with Gasteiger partial charge in [0, 0.05) is 22.0 Å². The third-order valence-electron chi connectivity index (χ3n) is 6.50. The summed E-state index contributed by atoms with van der Waals surface area (Å²) >= 11 is 3.40. The highest BCUT2D eigenvalue weighted by Gasteiger charge is 2.23. The predicted molar refractivity (Wildman–Crippen MR) is 152 cm³/mol. The van der Waals surface area contributed by atoms with Crippen molar-refractivity contribution in [3.8, 4) is 23.0 Å². The van der Waals surface area contributed by atoms with E-state index in [2.05, 4.69) is 26.0 Å². The maximum absolute atomic E-state index is 13.4. The Morgan fingerprint density at radius 3 is 2.75 bits per heavy atom. The van der Waals surface area contributed by atoms with Crippen LogP contribution in [0, 0.1) is 10.1 Å². The smallest absolute Gasteiger partial charge is 0.315 e. The Morgan fingerprint density at radius 2 is 2.00 bits per heavy atom. The molecule has 40 heavy (non-hydrogen) atoms. The molecule has 0 unspecified atom stereocenters. The van der Waals surface area contributed by atoms with Gasteiger partial charge in [-0.3, -0.25) is 14.9 Å². The minimum atomic E-state index is -0.555. The SMILES string of the molecule is CC[C@H](C)c1nc2ccc(Br)cc2c(=O)n1N=Cc1cc(OC)c(OCc2ccc3c(c2)OCO3)c([N+](=O)[O-])c1. The number of rotatable bonds is 9. The van der Waals surface area contributed by atoms with Crippen LogP contribution in [0.25, 0.3) is 10.9 Å². The van der Waals surface area contributed by atoms with E-state index < -0.39 is 4.92 Å². The molecule has 1 aliphatic heterocycles. The van der Waals surface area contributed by atoms with Crippen molar-refractivity contribution >= 4 is 38.7 Å². The first kappa shape index (κ1) is 27.1. The molecule has 0 radical (unpaired) electrons. The van der Waals surface area contributed by atoms with Gasteiger partial charge in [-0.05, 0) is 48.4 Å². The lowest BCUT2D eigenvalue weighted by Gasteiger charge is -2.14. The Balaban J connectivity index is 1.51. The minimum absolute atomic E-state index is 0.0306. The summed E-state index contributed by atoms with van der Waals surface area (Å²) < 4.78 is 24.0. The number of hydrogen-bond donors (Lipinski definition) is 0. The first-order chi connectivity index (χ1) is 19.3. The molecule has 1 atom stereocenters. The molecule has 1 aromatic heterocycles. The van der Waals surface area contributed by atoms with Crippen LogP contribution in [0.4, 0.5) is 5.69 Å². The predicted octanol–water partition coefficient (Wildman–Crippen LogP) is 5.78. The summed E-state index contributed by atoms with van der Waals surface area (Å²) in [4.78, 5) is 29.6. The first-order valence-electron chi connectivity index (χ1n) is 12.4. The largest absolute Gasteiger partial charge is 0.493 e. The van der Waals surface area contributed by atoms with Gasteiger partial charge in [0.2, 0.25) is 12.5 Å². The second kappa shape index (κ2) is 11.3. The van der Waals surface area contributed by atoms with Crippen LogP contribution in [-0.2, 0) is 6.61 Å². The molecule has 0 saturated carbocycles. The number of hydrogen-bond acceptors (Lipinski definition) is 9. The summed E-state index contributed by atoms with van der Waals surface area (Å²) in [6.45, 7) is 4.12. The lowest BCUT2D eigenvalue weighted by atomic mass is 10.1. The lowest BCUT2D eigenvalue weighted by molar-refractivity contribution is -0.386. The highest BCUT2D eigenvalue weighted by Crippen LogP contribution is 2.39. The zero-order valence-electron chi connectivity index (χ0n) is 21.9. The summed E-state index contributed by atoms with van der Waals surface area (Å²) in [5, 5.41) is 16.8.